The van der Waals surface area contributed by atoms with Crippen molar-refractivity contribution in [3.05, 3.63) is 53.1 Å². The number of methoxy groups -OCH3 is 2. The first kappa shape index (κ1) is 17.9. The maximum absolute atomic E-state index is 13.5. The first-order valence-corrected chi connectivity index (χ1v) is 9.59. The number of carbonyl (C=O) groups excluding carboxylic acids is 1. The molecule has 0 aromatic heterocycles. The standard InChI is InChI=1S/C23H22O6/c1-11(2)16-8-14-15(28-16)6-5-12-22(24)21-13-7-18(25-3)19(26-4)9-17(13)27-10-20(21)29-23(12)14/h5-7,9,16,20-21H,1,8,10H2,2-4H3/t16?,20-,21+/m0/s1. The fraction of sp³-hybridized carbons (Fsp3) is 0.348. The molecule has 6 nitrogen and oxygen atoms in total. The van der Waals surface area contributed by atoms with E-state index in [1.165, 1.54) is 0 Å². The highest BCUT2D eigenvalue weighted by Crippen LogP contribution is 2.49. The maximum atomic E-state index is 13.5. The number of ketones is 1. The average Bonchev–Trinajstić information content (AvgIpc) is 3.17. The van der Waals surface area contributed by atoms with Gasteiger partial charge in [0.15, 0.2) is 17.3 Å². The Bertz CT molecular complexity index is 1040. The molecule has 0 bridgehead atoms. The first-order chi connectivity index (χ1) is 14.0. The van der Waals surface area contributed by atoms with E-state index in [9.17, 15) is 4.79 Å². The zero-order valence-corrected chi connectivity index (χ0v) is 16.6. The highest BCUT2D eigenvalue weighted by molar-refractivity contribution is 6.06. The topological polar surface area (TPSA) is 63.2 Å². The lowest BCUT2D eigenvalue weighted by Gasteiger charge is -2.37. The Morgan fingerprint density at radius 1 is 1.10 bits per heavy atom. The van der Waals surface area contributed by atoms with Crippen LogP contribution in [-0.2, 0) is 6.42 Å². The van der Waals surface area contributed by atoms with Crippen LogP contribution in [0.3, 0.4) is 0 Å². The van der Waals surface area contributed by atoms with Gasteiger partial charge in [0, 0.05) is 23.6 Å². The molecule has 5 rings (SSSR count). The fourth-order valence-corrected chi connectivity index (χ4v) is 4.34. The molecule has 1 unspecified atom stereocenters. The lowest BCUT2D eigenvalue weighted by molar-refractivity contribution is 0.0554. The van der Waals surface area contributed by atoms with E-state index in [1.54, 1.807) is 26.4 Å². The quantitative estimate of drug-likeness (QED) is 0.740. The van der Waals surface area contributed by atoms with Crippen LogP contribution >= 0.6 is 0 Å². The zero-order chi connectivity index (χ0) is 20.3. The Morgan fingerprint density at radius 2 is 1.86 bits per heavy atom. The molecule has 0 fully saturated rings. The Labute approximate surface area is 169 Å². The van der Waals surface area contributed by atoms with Crippen LogP contribution in [-0.4, -0.2) is 38.8 Å². The summed E-state index contributed by atoms with van der Waals surface area (Å²) in [6.45, 7) is 6.22. The molecule has 0 N–H and O–H groups in total. The molecule has 150 valence electrons. The predicted octanol–water partition coefficient (Wildman–Crippen LogP) is 3.70. The van der Waals surface area contributed by atoms with E-state index in [0.29, 0.717) is 35.0 Å². The van der Waals surface area contributed by atoms with Crippen molar-refractivity contribution in [1.82, 2.24) is 0 Å². The molecule has 3 atom stereocenters. The molecule has 0 amide bonds. The summed E-state index contributed by atoms with van der Waals surface area (Å²) < 4.78 is 29.0. The SMILES string of the molecule is C=C(C)C1Cc2c(ccc3c2O[C@H]2COc4cc(OC)c(OC)cc4[C@H]2C3=O)O1. The van der Waals surface area contributed by atoms with Gasteiger partial charge in [0.25, 0.3) is 0 Å². The molecule has 29 heavy (non-hydrogen) atoms. The van der Waals surface area contributed by atoms with E-state index < -0.39 is 12.0 Å². The second-order valence-electron chi connectivity index (χ2n) is 7.63. The van der Waals surface area contributed by atoms with Crippen LogP contribution in [0.25, 0.3) is 0 Å². The lowest BCUT2D eigenvalue weighted by atomic mass is 9.81. The van der Waals surface area contributed by atoms with Gasteiger partial charge in [-0.3, -0.25) is 4.79 Å². The number of rotatable bonds is 3. The summed E-state index contributed by atoms with van der Waals surface area (Å²) in [5.41, 5.74) is 3.22. The molecule has 6 heteroatoms. The van der Waals surface area contributed by atoms with Crippen LogP contribution in [0.4, 0.5) is 0 Å². The largest absolute Gasteiger partial charge is 0.493 e. The van der Waals surface area contributed by atoms with Gasteiger partial charge in [-0.25, -0.2) is 0 Å². The van der Waals surface area contributed by atoms with Crippen LogP contribution in [0.2, 0.25) is 0 Å². The van der Waals surface area contributed by atoms with Gasteiger partial charge < -0.3 is 23.7 Å². The van der Waals surface area contributed by atoms with Crippen LogP contribution in [0, 0.1) is 0 Å². The number of ether oxygens (including phenoxy) is 5. The third-order valence-corrected chi connectivity index (χ3v) is 5.87. The molecule has 0 radical (unpaired) electrons. The van der Waals surface area contributed by atoms with Crippen molar-refractivity contribution >= 4 is 5.78 Å². The molecule has 3 heterocycles. The molecule has 3 aliphatic heterocycles. The number of hydrogen-bond donors (Lipinski definition) is 0. The monoisotopic (exact) mass is 394 g/mol. The molecule has 2 aromatic rings. The van der Waals surface area contributed by atoms with Crippen molar-refractivity contribution in [3.63, 3.8) is 0 Å². The molecule has 2 aromatic carbocycles. The van der Waals surface area contributed by atoms with E-state index in [0.717, 1.165) is 22.4 Å². The van der Waals surface area contributed by atoms with Crippen molar-refractivity contribution in [2.75, 3.05) is 20.8 Å². The van der Waals surface area contributed by atoms with Gasteiger partial charge in [-0.15, -0.1) is 0 Å². The van der Waals surface area contributed by atoms with Crippen LogP contribution in [0.1, 0.15) is 34.3 Å². The Balaban J connectivity index is 1.58. The molecule has 0 saturated heterocycles. The van der Waals surface area contributed by atoms with Crippen molar-refractivity contribution in [2.24, 2.45) is 0 Å². The summed E-state index contributed by atoms with van der Waals surface area (Å²) in [5, 5.41) is 0. The molecular weight excluding hydrogens is 372 g/mol. The fourth-order valence-electron chi connectivity index (χ4n) is 4.34. The highest BCUT2D eigenvalue weighted by Gasteiger charge is 2.45. The van der Waals surface area contributed by atoms with E-state index >= 15 is 0 Å². The molecule has 3 aliphatic rings. The van der Waals surface area contributed by atoms with Crippen molar-refractivity contribution in [1.29, 1.82) is 0 Å². The number of benzene rings is 2. The highest BCUT2D eigenvalue weighted by atomic mass is 16.5. The third-order valence-electron chi connectivity index (χ3n) is 5.87. The summed E-state index contributed by atoms with van der Waals surface area (Å²) in [7, 11) is 3.14. The Hall–Kier alpha value is -3.15. The molecule has 0 saturated carbocycles. The predicted molar refractivity (Wildman–Crippen MR) is 106 cm³/mol. The zero-order valence-electron chi connectivity index (χ0n) is 16.6. The number of Topliss-reactive ketones (excluding diaryl/α,β-unsaturated/α-hetero) is 1. The van der Waals surface area contributed by atoms with Gasteiger partial charge in [0.05, 0.1) is 25.7 Å². The minimum Gasteiger partial charge on any atom is -0.493 e. The Kier molecular flexibility index (Phi) is 3.98. The Morgan fingerprint density at radius 3 is 2.59 bits per heavy atom. The average molecular weight is 394 g/mol. The summed E-state index contributed by atoms with van der Waals surface area (Å²) in [4.78, 5) is 13.5. The van der Waals surface area contributed by atoms with Gasteiger partial charge in [0.1, 0.15) is 36.1 Å². The smallest absolute Gasteiger partial charge is 0.178 e. The second-order valence-corrected chi connectivity index (χ2v) is 7.63. The summed E-state index contributed by atoms with van der Waals surface area (Å²) in [6.07, 6.45) is 0.157. The van der Waals surface area contributed by atoms with Gasteiger partial charge in [-0.05, 0) is 30.7 Å². The van der Waals surface area contributed by atoms with Gasteiger partial charge in [-0.1, -0.05) is 6.58 Å². The van der Waals surface area contributed by atoms with Gasteiger partial charge >= 0.3 is 0 Å². The van der Waals surface area contributed by atoms with Gasteiger partial charge in [-0.2, -0.15) is 0 Å². The summed E-state index contributed by atoms with van der Waals surface area (Å²) >= 11 is 0. The summed E-state index contributed by atoms with van der Waals surface area (Å²) in [5.74, 6) is 2.68. The van der Waals surface area contributed by atoms with Crippen LogP contribution in [0.15, 0.2) is 36.4 Å². The number of hydrogen-bond acceptors (Lipinski definition) is 6. The van der Waals surface area contributed by atoms with Gasteiger partial charge in [0.2, 0.25) is 0 Å². The van der Waals surface area contributed by atoms with Crippen LogP contribution in [0.5, 0.6) is 28.7 Å². The van der Waals surface area contributed by atoms with Crippen molar-refractivity contribution < 1.29 is 28.5 Å². The molecule has 0 spiro atoms. The van der Waals surface area contributed by atoms with E-state index in [2.05, 4.69) is 6.58 Å². The van der Waals surface area contributed by atoms with E-state index in [4.69, 9.17) is 23.7 Å². The van der Waals surface area contributed by atoms with E-state index in [1.807, 2.05) is 19.1 Å². The first-order valence-electron chi connectivity index (χ1n) is 9.59. The molecular formula is C23H22O6. The second kappa shape index (κ2) is 6.44. The minimum absolute atomic E-state index is 0.0228. The normalized spacial score (nSPS) is 23.4. The molecule has 0 aliphatic carbocycles. The van der Waals surface area contributed by atoms with Crippen molar-refractivity contribution in [2.45, 2.75) is 31.5 Å². The number of carbonyl (C=O) groups is 1. The van der Waals surface area contributed by atoms with E-state index in [-0.39, 0.29) is 18.5 Å². The minimum atomic E-state index is -0.455. The maximum Gasteiger partial charge on any atom is 0.178 e. The summed E-state index contributed by atoms with van der Waals surface area (Å²) in [6, 6.07) is 7.23. The lowest BCUT2D eigenvalue weighted by Crippen LogP contribution is -2.43. The third kappa shape index (κ3) is 2.58. The van der Waals surface area contributed by atoms with Crippen molar-refractivity contribution in [3.8, 4) is 28.7 Å². The van der Waals surface area contributed by atoms with Crippen LogP contribution < -0.4 is 23.7 Å². The number of fused-ring (bicyclic) bond motifs is 6.